The standard InChI is InChI=1S/C10H11F2NO2/c11-8-5(14)4-6(15)9(12)7(8)10(13)2-1-3-10/h4,14-15H,1-3,13H2. The number of phenols is 2. The van der Waals surface area contributed by atoms with Crippen LogP contribution < -0.4 is 5.73 Å². The van der Waals surface area contributed by atoms with Crippen molar-refractivity contribution in [2.45, 2.75) is 24.8 Å². The maximum atomic E-state index is 13.5. The third-order valence-electron chi connectivity index (χ3n) is 2.91. The van der Waals surface area contributed by atoms with Gasteiger partial charge in [0.05, 0.1) is 5.56 Å². The summed E-state index contributed by atoms with van der Waals surface area (Å²) in [6.07, 6.45) is 1.68. The van der Waals surface area contributed by atoms with E-state index in [2.05, 4.69) is 0 Å². The van der Waals surface area contributed by atoms with E-state index in [9.17, 15) is 8.78 Å². The smallest absolute Gasteiger partial charge is 0.173 e. The molecule has 0 saturated heterocycles. The summed E-state index contributed by atoms with van der Waals surface area (Å²) in [5.74, 6) is -3.71. The minimum absolute atomic E-state index is 0.411. The van der Waals surface area contributed by atoms with Gasteiger partial charge in [0, 0.05) is 11.6 Å². The van der Waals surface area contributed by atoms with Gasteiger partial charge in [-0.05, 0) is 19.3 Å². The van der Waals surface area contributed by atoms with E-state index in [1.54, 1.807) is 0 Å². The first-order chi connectivity index (χ1) is 6.96. The van der Waals surface area contributed by atoms with E-state index in [1.807, 2.05) is 0 Å². The van der Waals surface area contributed by atoms with Crippen molar-refractivity contribution in [3.63, 3.8) is 0 Å². The fourth-order valence-electron chi connectivity index (χ4n) is 1.85. The fourth-order valence-corrected chi connectivity index (χ4v) is 1.85. The zero-order valence-corrected chi connectivity index (χ0v) is 7.93. The van der Waals surface area contributed by atoms with Crippen molar-refractivity contribution in [2.24, 2.45) is 5.73 Å². The summed E-state index contributed by atoms with van der Waals surface area (Å²) in [5, 5.41) is 18.3. The molecular weight excluding hydrogens is 204 g/mol. The number of hydrogen-bond donors (Lipinski definition) is 3. The van der Waals surface area contributed by atoms with Crippen molar-refractivity contribution < 1.29 is 19.0 Å². The summed E-state index contributed by atoms with van der Waals surface area (Å²) < 4.78 is 27.0. The molecule has 0 aromatic heterocycles. The van der Waals surface area contributed by atoms with Crippen LogP contribution in [0.15, 0.2) is 6.07 Å². The lowest BCUT2D eigenvalue weighted by Gasteiger charge is -2.38. The Labute approximate surface area is 85.1 Å². The molecule has 1 saturated carbocycles. The minimum Gasteiger partial charge on any atom is -0.505 e. The molecule has 1 fully saturated rings. The number of nitrogens with two attached hydrogens (primary N) is 1. The Hall–Kier alpha value is -1.36. The highest BCUT2D eigenvalue weighted by atomic mass is 19.1. The molecule has 0 heterocycles. The van der Waals surface area contributed by atoms with Gasteiger partial charge in [0.15, 0.2) is 23.1 Å². The van der Waals surface area contributed by atoms with Crippen LogP contribution in [-0.2, 0) is 5.54 Å². The predicted molar refractivity (Wildman–Crippen MR) is 49.4 cm³/mol. The van der Waals surface area contributed by atoms with E-state index >= 15 is 0 Å². The molecule has 0 amide bonds. The van der Waals surface area contributed by atoms with Gasteiger partial charge in [-0.1, -0.05) is 0 Å². The number of halogens is 2. The van der Waals surface area contributed by atoms with Crippen LogP contribution in [0.5, 0.6) is 11.5 Å². The highest BCUT2D eigenvalue weighted by Gasteiger charge is 2.40. The summed E-state index contributed by atoms with van der Waals surface area (Å²) in [7, 11) is 0. The Morgan fingerprint density at radius 2 is 1.60 bits per heavy atom. The highest BCUT2D eigenvalue weighted by molar-refractivity contribution is 5.44. The lowest BCUT2D eigenvalue weighted by molar-refractivity contribution is 0.230. The van der Waals surface area contributed by atoms with E-state index in [0.29, 0.717) is 18.9 Å². The van der Waals surface area contributed by atoms with E-state index in [1.165, 1.54) is 0 Å². The fraction of sp³-hybridized carbons (Fsp3) is 0.400. The number of benzene rings is 1. The van der Waals surface area contributed by atoms with Crippen molar-refractivity contribution in [1.82, 2.24) is 0 Å². The van der Waals surface area contributed by atoms with Crippen LogP contribution in [0.4, 0.5) is 8.78 Å². The molecule has 3 nitrogen and oxygen atoms in total. The summed E-state index contributed by atoms with van der Waals surface area (Å²) >= 11 is 0. The van der Waals surface area contributed by atoms with Gasteiger partial charge in [-0.15, -0.1) is 0 Å². The summed E-state index contributed by atoms with van der Waals surface area (Å²) in [6, 6.07) is 0.635. The first kappa shape index (κ1) is 10.2. The molecule has 4 N–H and O–H groups in total. The third kappa shape index (κ3) is 1.34. The number of aromatic hydroxyl groups is 2. The summed E-state index contributed by atoms with van der Waals surface area (Å²) in [5.41, 5.74) is 4.26. The maximum Gasteiger partial charge on any atom is 0.173 e. The molecule has 0 spiro atoms. The van der Waals surface area contributed by atoms with E-state index in [4.69, 9.17) is 15.9 Å². The van der Waals surface area contributed by atoms with Crippen molar-refractivity contribution in [3.05, 3.63) is 23.3 Å². The normalized spacial score (nSPS) is 18.6. The first-order valence-corrected chi connectivity index (χ1v) is 4.65. The SMILES string of the molecule is NC1(c2c(F)c(O)cc(O)c2F)CCC1. The van der Waals surface area contributed by atoms with Crippen LogP contribution >= 0.6 is 0 Å². The zero-order valence-electron chi connectivity index (χ0n) is 7.93. The molecule has 2 rings (SSSR count). The molecule has 0 bridgehead atoms. The molecule has 0 unspecified atom stereocenters. The Morgan fingerprint density at radius 1 is 1.13 bits per heavy atom. The molecule has 1 aromatic carbocycles. The average Bonchev–Trinajstić information content (AvgIpc) is 2.12. The Kier molecular flexibility index (Phi) is 2.08. The molecule has 1 aliphatic rings. The second kappa shape index (κ2) is 3.06. The zero-order chi connectivity index (χ0) is 11.2. The van der Waals surface area contributed by atoms with Gasteiger partial charge >= 0.3 is 0 Å². The Balaban J connectivity index is 2.63. The van der Waals surface area contributed by atoms with Crippen LogP contribution in [-0.4, -0.2) is 10.2 Å². The monoisotopic (exact) mass is 215 g/mol. The molecular formula is C10H11F2NO2. The van der Waals surface area contributed by atoms with Crippen LogP contribution in [0.3, 0.4) is 0 Å². The van der Waals surface area contributed by atoms with Gasteiger partial charge in [0.2, 0.25) is 0 Å². The van der Waals surface area contributed by atoms with Crippen molar-refractivity contribution in [1.29, 1.82) is 0 Å². The number of hydrogen-bond acceptors (Lipinski definition) is 3. The lowest BCUT2D eigenvalue weighted by atomic mass is 9.72. The van der Waals surface area contributed by atoms with Crippen molar-refractivity contribution in [2.75, 3.05) is 0 Å². The van der Waals surface area contributed by atoms with Gasteiger partial charge in [-0.25, -0.2) is 8.78 Å². The quantitative estimate of drug-likeness (QED) is 0.668. The van der Waals surface area contributed by atoms with Crippen LogP contribution in [0.25, 0.3) is 0 Å². The van der Waals surface area contributed by atoms with Crippen molar-refractivity contribution >= 4 is 0 Å². The van der Waals surface area contributed by atoms with Crippen LogP contribution in [0.1, 0.15) is 24.8 Å². The Bertz CT molecular complexity index is 390. The second-order valence-electron chi connectivity index (χ2n) is 3.93. The molecule has 0 radical (unpaired) electrons. The number of phenolic OH excluding ortho intramolecular Hbond substituents is 2. The Morgan fingerprint density at radius 3 is 1.93 bits per heavy atom. The van der Waals surface area contributed by atoms with Gasteiger partial charge < -0.3 is 15.9 Å². The predicted octanol–water partition coefficient (Wildman–Crippen LogP) is 1.71. The molecule has 1 aromatic rings. The van der Waals surface area contributed by atoms with E-state index in [-0.39, 0.29) is 0 Å². The van der Waals surface area contributed by atoms with Gasteiger partial charge in [0.25, 0.3) is 0 Å². The molecule has 1 aliphatic carbocycles. The maximum absolute atomic E-state index is 13.5. The second-order valence-corrected chi connectivity index (χ2v) is 3.93. The average molecular weight is 215 g/mol. The highest BCUT2D eigenvalue weighted by Crippen LogP contribution is 2.44. The first-order valence-electron chi connectivity index (χ1n) is 4.65. The van der Waals surface area contributed by atoms with Gasteiger partial charge in [-0.3, -0.25) is 0 Å². The third-order valence-corrected chi connectivity index (χ3v) is 2.91. The molecule has 15 heavy (non-hydrogen) atoms. The van der Waals surface area contributed by atoms with Crippen molar-refractivity contribution in [3.8, 4) is 11.5 Å². The van der Waals surface area contributed by atoms with Gasteiger partial charge in [0.1, 0.15) is 0 Å². The molecule has 0 aliphatic heterocycles. The molecule has 82 valence electrons. The molecule has 5 heteroatoms. The lowest BCUT2D eigenvalue weighted by Crippen LogP contribution is -2.44. The van der Waals surface area contributed by atoms with E-state index < -0.39 is 34.2 Å². The largest absolute Gasteiger partial charge is 0.505 e. The molecule has 0 atom stereocenters. The minimum atomic E-state index is -1.09. The summed E-state index contributed by atoms with van der Waals surface area (Å²) in [6.45, 7) is 0. The van der Waals surface area contributed by atoms with Gasteiger partial charge in [-0.2, -0.15) is 0 Å². The number of rotatable bonds is 1. The topological polar surface area (TPSA) is 66.5 Å². The summed E-state index contributed by atoms with van der Waals surface area (Å²) in [4.78, 5) is 0. The van der Waals surface area contributed by atoms with Crippen LogP contribution in [0, 0.1) is 11.6 Å². The van der Waals surface area contributed by atoms with E-state index in [0.717, 1.165) is 6.42 Å². The van der Waals surface area contributed by atoms with Crippen LogP contribution in [0.2, 0.25) is 0 Å².